The SMILES string of the molecule is COc1ccc(C(=O)CC2(C(=O)O)Cc3ccccc3C2)cc1S(=O)(=O)CCc1cccc(Cl)c1. The van der Waals surface area contributed by atoms with Crippen molar-refractivity contribution in [2.24, 2.45) is 5.41 Å². The van der Waals surface area contributed by atoms with Crippen LogP contribution in [0, 0.1) is 5.41 Å². The fraction of sp³-hybridized carbons (Fsp3) is 0.259. The van der Waals surface area contributed by atoms with Gasteiger partial charge in [-0.1, -0.05) is 48.0 Å². The van der Waals surface area contributed by atoms with Crippen molar-refractivity contribution in [3.05, 3.63) is 94.0 Å². The molecule has 1 aliphatic rings. The third kappa shape index (κ3) is 5.26. The van der Waals surface area contributed by atoms with E-state index in [0.29, 0.717) is 5.02 Å². The van der Waals surface area contributed by atoms with E-state index in [1.807, 2.05) is 24.3 Å². The van der Waals surface area contributed by atoms with Gasteiger partial charge in [0.1, 0.15) is 10.6 Å². The lowest BCUT2D eigenvalue weighted by molar-refractivity contribution is -0.148. The first-order chi connectivity index (χ1) is 16.6. The summed E-state index contributed by atoms with van der Waals surface area (Å²) in [6.45, 7) is 0. The van der Waals surface area contributed by atoms with Crippen LogP contribution in [0.1, 0.15) is 33.5 Å². The van der Waals surface area contributed by atoms with E-state index < -0.39 is 27.0 Å². The van der Waals surface area contributed by atoms with Gasteiger partial charge >= 0.3 is 5.97 Å². The number of hydrogen-bond acceptors (Lipinski definition) is 5. The van der Waals surface area contributed by atoms with Crippen LogP contribution in [0.15, 0.2) is 71.6 Å². The van der Waals surface area contributed by atoms with Crippen LogP contribution < -0.4 is 4.74 Å². The van der Waals surface area contributed by atoms with Gasteiger partial charge in [-0.15, -0.1) is 0 Å². The average molecular weight is 513 g/mol. The minimum Gasteiger partial charge on any atom is -0.495 e. The number of carboxylic acid groups (broad SMARTS) is 1. The number of Topliss-reactive ketones (excluding diaryl/α,β-unsaturated/α-hetero) is 1. The normalized spacial score (nSPS) is 14.3. The van der Waals surface area contributed by atoms with Gasteiger partial charge in [0.05, 0.1) is 18.3 Å². The number of carbonyl (C=O) groups excluding carboxylic acids is 1. The second-order valence-corrected chi connectivity index (χ2v) is 11.4. The molecule has 0 amide bonds. The molecule has 182 valence electrons. The van der Waals surface area contributed by atoms with Crippen molar-refractivity contribution in [2.75, 3.05) is 12.9 Å². The smallest absolute Gasteiger partial charge is 0.310 e. The van der Waals surface area contributed by atoms with E-state index in [1.54, 1.807) is 24.3 Å². The van der Waals surface area contributed by atoms with Crippen LogP contribution >= 0.6 is 11.6 Å². The summed E-state index contributed by atoms with van der Waals surface area (Å²) in [4.78, 5) is 25.4. The molecule has 0 unspecified atom stereocenters. The zero-order chi connectivity index (χ0) is 25.2. The Bertz CT molecular complexity index is 1370. The van der Waals surface area contributed by atoms with Gasteiger partial charge in [-0.25, -0.2) is 8.42 Å². The molecule has 1 aliphatic carbocycles. The van der Waals surface area contributed by atoms with E-state index in [2.05, 4.69) is 0 Å². The zero-order valence-electron chi connectivity index (χ0n) is 19.2. The minimum absolute atomic E-state index is 0.0908. The predicted octanol–water partition coefficient (Wildman–Crippen LogP) is 4.81. The Morgan fingerprint density at radius 1 is 1.00 bits per heavy atom. The average Bonchev–Trinajstić information content (AvgIpc) is 3.22. The summed E-state index contributed by atoms with van der Waals surface area (Å²) in [6, 6.07) is 18.6. The van der Waals surface area contributed by atoms with Crippen molar-refractivity contribution in [3.63, 3.8) is 0 Å². The van der Waals surface area contributed by atoms with Crippen molar-refractivity contribution in [1.82, 2.24) is 0 Å². The maximum absolute atomic E-state index is 13.2. The molecule has 3 aromatic rings. The molecular formula is C27H25ClO6S. The van der Waals surface area contributed by atoms with Crippen LogP contribution in [0.25, 0.3) is 0 Å². The summed E-state index contributed by atoms with van der Waals surface area (Å²) in [7, 11) is -2.45. The second-order valence-electron chi connectivity index (χ2n) is 8.87. The second kappa shape index (κ2) is 9.84. The molecule has 0 spiro atoms. The molecule has 0 saturated heterocycles. The summed E-state index contributed by atoms with van der Waals surface area (Å²) in [5, 5.41) is 10.5. The third-order valence-electron chi connectivity index (χ3n) is 6.50. The Labute approximate surface area is 209 Å². The van der Waals surface area contributed by atoms with Crippen LogP contribution in [0.4, 0.5) is 0 Å². The van der Waals surface area contributed by atoms with E-state index in [9.17, 15) is 23.1 Å². The summed E-state index contributed by atoms with van der Waals surface area (Å²) >= 11 is 6.00. The molecular weight excluding hydrogens is 488 g/mol. The number of benzene rings is 3. The number of halogens is 1. The number of aryl methyl sites for hydroxylation is 1. The number of aliphatic carboxylic acids is 1. The fourth-order valence-corrected chi connectivity index (χ4v) is 6.30. The Morgan fingerprint density at radius 3 is 2.29 bits per heavy atom. The van der Waals surface area contributed by atoms with E-state index in [-0.39, 0.29) is 47.6 Å². The monoisotopic (exact) mass is 512 g/mol. The molecule has 0 fully saturated rings. The first kappa shape index (κ1) is 24.9. The standard InChI is InChI=1S/C27H25ClO6S/c1-34-24-10-9-19(14-25(24)35(32,33)12-11-18-5-4-8-22(28)13-18)23(29)17-27(26(30)31)15-20-6-2-3-7-21(20)16-27/h2-10,13-14H,11-12,15-17H2,1H3,(H,30,31). The van der Waals surface area contributed by atoms with Gasteiger partial charge in [-0.3, -0.25) is 9.59 Å². The number of ether oxygens (including phenoxy) is 1. The molecule has 4 rings (SSSR count). The highest BCUT2D eigenvalue weighted by Gasteiger charge is 2.45. The fourth-order valence-electron chi connectivity index (χ4n) is 4.60. The molecule has 0 aliphatic heterocycles. The maximum atomic E-state index is 13.2. The highest BCUT2D eigenvalue weighted by atomic mass is 35.5. The van der Waals surface area contributed by atoms with Crippen LogP contribution in [0.2, 0.25) is 5.02 Å². The number of methoxy groups -OCH3 is 1. The van der Waals surface area contributed by atoms with Gasteiger partial charge in [0.25, 0.3) is 0 Å². The minimum atomic E-state index is -3.81. The molecule has 0 aromatic heterocycles. The number of rotatable bonds is 9. The number of hydrogen-bond donors (Lipinski definition) is 1. The molecule has 8 heteroatoms. The number of fused-ring (bicyclic) bond motifs is 1. The van der Waals surface area contributed by atoms with Crippen LogP contribution in [-0.4, -0.2) is 38.1 Å². The molecule has 3 aromatic carbocycles. The highest BCUT2D eigenvalue weighted by Crippen LogP contribution is 2.41. The number of ketones is 1. The van der Waals surface area contributed by atoms with Crippen LogP contribution in [0.3, 0.4) is 0 Å². The zero-order valence-corrected chi connectivity index (χ0v) is 20.7. The number of carboxylic acids is 1. The molecule has 0 atom stereocenters. The topological polar surface area (TPSA) is 97.7 Å². The van der Waals surface area contributed by atoms with E-state index >= 15 is 0 Å². The lowest BCUT2D eigenvalue weighted by atomic mass is 9.79. The summed E-state index contributed by atoms with van der Waals surface area (Å²) in [6.07, 6.45) is 0.520. The largest absolute Gasteiger partial charge is 0.495 e. The van der Waals surface area contributed by atoms with Gasteiger partial charge in [0.15, 0.2) is 15.6 Å². The number of sulfone groups is 1. The highest BCUT2D eigenvalue weighted by molar-refractivity contribution is 7.91. The molecule has 0 saturated carbocycles. The Hall–Kier alpha value is -3.16. The van der Waals surface area contributed by atoms with Crippen molar-refractivity contribution in [1.29, 1.82) is 0 Å². The van der Waals surface area contributed by atoms with E-state index in [0.717, 1.165) is 16.7 Å². The van der Waals surface area contributed by atoms with Crippen LogP contribution in [-0.2, 0) is 33.9 Å². The Kier molecular flexibility index (Phi) is 7.01. The van der Waals surface area contributed by atoms with Crippen molar-refractivity contribution in [3.8, 4) is 5.75 Å². The lowest BCUT2D eigenvalue weighted by Crippen LogP contribution is -2.34. The van der Waals surface area contributed by atoms with E-state index in [1.165, 1.54) is 25.3 Å². The molecule has 1 N–H and O–H groups in total. The van der Waals surface area contributed by atoms with Gasteiger partial charge in [-0.2, -0.15) is 0 Å². The van der Waals surface area contributed by atoms with E-state index in [4.69, 9.17) is 16.3 Å². The quantitative estimate of drug-likeness (QED) is 0.413. The van der Waals surface area contributed by atoms with Crippen molar-refractivity contribution < 1.29 is 27.9 Å². The predicted molar refractivity (Wildman–Crippen MR) is 133 cm³/mol. The third-order valence-corrected chi connectivity index (χ3v) is 8.46. The maximum Gasteiger partial charge on any atom is 0.310 e. The molecule has 0 heterocycles. The number of carbonyl (C=O) groups is 2. The van der Waals surface area contributed by atoms with Crippen molar-refractivity contribution >= 4 is 33.2 Å². The van der Waals surface area contributed by atoms with Crippen molar-refractivity contribution in [2.45, 2.75) is 30.6 Å². The molecule has 0 radical (unpaired) electrons. The first-order valence-electron chi connectivity index (χ1n) is 11.1. The van der Waals surface area contributed by atoms with Gasteiger partial charge in [0, 0.05) is 17.0 Å². The van der Waals surface area contributed by atoms with Gasteiger partial charge in [-0.05, 0) is 66.3 Å². The van der Waals surface area contributed by atoms with Gasteiger partial charge < -0.3 is 9.84 Å². The van der Waals surface area contributed by atoms with Crippen LogP contribution in [0.5, 0.6) is 5.75 Å². The summed E-state index contributed by atoms with van der Waals surface area (Å²) < 4.78 is 31.6. The first-order valence-corrected chi connectivity index (χ1v) is 13.2. The van der Waals surface area contributed by atoms with Gasteiger partial charge in [0.2, 0.25) is 0 Å². The summed E-state index contributed by atoms with van der Waals surface area (Å²) in [5.41, 5.74) is 1.50. The molecule has 35 heavy (non-hydrogen) atoms. The molecule has 0 bridgehead atoms. The summed E-state index contributed by atoms with van der Waals surface area (Å²) in [5.74, 6) is -1.52. The Morgan fingerprint density at radius 2 is 1.69 bits per heavy atom. The lowest BCUT2D eigenvalue weighted by Gasteiger charge is -2.23. The molecule has 6 nitrogen and oxygen atoms in total. The Balaban J connectivity index is 1.59.